The van der Waals surface area contributed by atoms with Gasteiger partial charge in [0, 0.05) is 6.20 Å². The maximum Gasteiger partial charge on any atom is 0.250 e. The van der Waals surface area contributed by atoms with Crippen molar-refractivity contribution in [3.8, 4) is 0 Å². The third-order valence-corrected chi connectivity index (χ3v) is 4.63. The van der Waals surface area contributed by atoms with Crippen LogP contribution in [0, 0.1) is 0 Å². The fraction of sp³-hybridized carbons (Fsp3) is 0.0435. The monoisotopic (exact) mass is 411 g/mol. The summed E-state index contributed by atoms with van der Waals surface area (Å²) in [6, 6.07) is 24.6. The van der Waals surface area contributed by atoms with Gasteiger partial charge in [0.05, 0.1) is 5.92 Å². The van der Waals surface area contributed by atoms with E-state index in [1.54, 1.807) is 12.3 Å². The van der Waals surface area contributed by atoms with Crippen molar-refractivity contribution in [1.82, 2.24) is 20.4 Å². The molecule has 0 aliphatic heterocycles. The van der Waals surface area contributed by atoms with Crippen LogP contribution in [0.3, 0.4) is 0 Å². The normalized spacial score (nSPS) is 10.5. The molecule has 0 radical (unpaired) electrons. The summed E-state index contributed by atoms with van der Waals surface area (Å²) >= 11 is 0. The number of benzene rings is 2. The highest BCUT2D eigenvalue weighted by atomic mass is 16.2. The number of nitrogens with two attached hydrogens (primary N) is 1. The largest absolute Gasteiger partial charge is 0.393 e. The fourth-order valence-corrected chi connectivity index (χ4v) is 3.13. The first-order valence-electron chi connectivity index (χ1n) is 9.66. The Morgan fingerprint density at radius 3 is 2.00 bits per heavy atom. The highest BCUT2D eigenvalue weighted by Crippen LogP contribution is 2.26. The van der Waals surface area contributed by atoms with E-state index in [4.69, 9.17) is 5.73 Å². The average molecular weight is 411 g/mol. The van der Waals surface area contributed by atoms with Crippen molar-refractivity contribution < 1.29 is 4.79 Å². The molecule has 31 heavy (non-hydrogen) atoms. The number of hydrogen-bond acceptors (Lipinski definition) is 7. The molecule has 0 saturated carbocycles. The summed E-state index contributed by atoms with van der Waals surface area (Å²) in [4.78, 5) is 25.6. The lowest BCUT2D eigenvalue weighted by atomic mass is 9.91. The van der Waals surface area contributed by atoms with Crippen molar-refractivity contribution in [2.24, 2.45) is 0 Å². The van der Waals surface area contributed by atoms with E-state index in [9.17, 15) is 4.79 Å². The van der Waals surface area contributed by atoms with E-state index in [0.717, 1.165) is 11.1 Å². The van der Waals surface area contributed by atoms with Crippen LogP contribution >= 0.6 is 0 Å². The van der Waals surface area contributed by atoms with Crippen LogP contribution in [0.1, 0.15) is 17.0 Å². The fourth-order valence-electron chi connectivity index (χ4n) is 3.13. The first-order valence-corrected chi connectivity index (χ1v) is 9.66. The lowest BCUT2D eigenvalue weighted by Gasteiger charge is -2.19. The molecule has 0 unspecified atom stereocenters. The molecule has 8 heteroatoms. The van der Waals surface area contributed by atoms with E-state index in [-0.39, 0.29) is 17.4 Å². The lowest BCUT2D eigenvalue weighted by molar-refractivity contribution is -0.121. The minimum Gasteiger partial charge on any atom is -0.393 e. The molecule has 0 aliphatic carbocycles. The molecule has 8 nitrogen and oxygen atoms in total. The molecule has 4 rings (SSSR count). The summed E-state index contributed by atoms with van der Waals surface area (Å²) in [5, 5.41) is 3.03. The smallest absolute Gasteiger partial charge is 0.250 e. The molecule has 0 spiro atoms. The summed E-state index contributed by atoms with van der Waals surface area (Å²) in [6.07, 6.45) is 3.01. The number of carbonyl (C=O) groups excluding carboxylic acids is 1. The van der Waals surface area contributed by atoms with Gasteiger partial charge in [-0.15, -0.1) is 0 Å². The first kappa shape index (κ1) is 19.8. The Morgan fingerprint density at radius 1 is 0.774 bits per heavy atom. The minimum atomic E-state index is -0.496. The van der Waals surface area contributed by atoms with Crippen molar-refractivity contribution in [3.05, 3.63) is 103 Å². The molecular formula is C23H21N7O. The predicted molar refractivity (Wildman–Crippen MR) is 120 cm³/mol. The van der Waals surface area contributed by atoms with Gasteiger partial charge < -0.3 is 11.1 Å². The van der Waals surface area contributed by atoms with Gasteiger partial charge in [-0.05, 0) is 23.3 Å². The van der Waals surface area contributed by atoms with Gasteiger partial charge in [-0.25, -0.2) is 15.0 Å². The molecule has 2 heterocycles. The SMILES string of the molecule is Nc1c(NNC(=O)C(c2ccccc2)c2ccccc2)ncnc1Nc1ccccn1. The zero-order chi connectivity index (χ0) is 21.5. The van der Waals surface area contributed by atoms with E-state index < -0.39 is 5.92 Å². The number of aromatic nitrogens is 3. The van der Waals surface area contributed by atoms with Gasteiger partial charge in [-0.2, -0.15) is 0 Å². The van der Waals surface area contributed by atoms with Crippen molar-refractivity contribution in [3.63, 3.8) is 0 Å². The van der Waals surface area contributed by atoms with Crippen LogP contribution in [-0.4, -0.2) is 20.9 Å². The molecule has 0 saturated heterocycles. The summed E-state index contributed by atoms with van der Waals surface area (Å²) in [5.74, 6) is 0.518. The van der Waals surface area contributed by atoms with Gasteiger partial charge >= 0.3 is 0 Å². The molecule has 154 valence electrons. The number of amides is 1. The van der Waals surface area contributed by atoms with E-state index in [1.165, 1.54) is 6.33 Å². The van der Waals surface area contributed by atoms with Crippen LogP contribution < -0.4 is 21.9 Å². The van der Waals surface area contributed by atoms with Crippen LogP contribution in [0.15, 0.2) is 91.4 Å². The molecule has 0 aliphatic rings. The molecule has 5 N–H and O–H groups in total. The van der Waals surface area contributed by atoms with E-state index >= 15 is 0 Å². The molecule has 2 aromatic carbocycles. The van der Waals surface area contributed by atoms with Gasteiger partial charge in [-0.3, -0.25) is 15.6 Å². The molecule has 2 aromatic heterocycles. The number of carbonyl (C=O) groups is 1. The summed E-state index contributed by atoms with van der Waals surface area (Å²) in [6.45, 7) is 0. The van der Waals surface area contributed by atoms with Gasteiger partial charge in [0.25, 0.3) is 0 Å². The summed E-state index contributed by atoms with van der Waals surface area (Å²) in [7, 11) is 0. The summed E-state index contributed by atoms with van der Waals surface area (Å²) < 4.78 is 0. The topological polar surface area (TPSA) is 118 Å². The standard InChI is InChI=1S/C23H21N7O/c24-20-21(28-18-13-7-8-14-25-18)26-15-27-22(20)29-30-23(31)19(16-9-3-1-4-10-16)17-11-5-2-6-12-17/h1-15,19H,24H2,(H,30,31)(H2,25,26,27,28,29). The van der Waals surface area contributed by atoms with Gasteiger partial charge in [-0.1, -0.05) is 66.7 Å². The van der Waals surface area contributed by atoms with Gasteiger partial charge in [0.2, 0.25) is 5.91 Å². The molecule has 0 atom stereocenters. The number of rotatable bonds is 7. The van der Waals surface area contributed by atoms with Crippen LogP contribution in [-0.2, 0) is 4.79 Å². The Balaban J connectivity index is 1.52. The second-order valence-electron chi connectivity index (χ2n) is 6.69. The molecular weight excluding hydrogens is 390 g/mol. The minimum absolute atomic E-state index is 0.241. The number of nitrogens with zero attached hydrogens (tertiary/aromatic N) is 3. The maximum absolute atomic E-state index is 13.1. The number of hydrogen-bond donors (Lipinski definition) is 4. The Labute approximate surface area is 179 Å². The highest BCUT2D eigenvalue weighted by molar-refractivity contribution is 5.88. The van der Waals surface area contributed by atoms with Crippen LogP contribution in [0.25, 0.3) is 0 Å². The average Bonchev–Trinajstić information content (AvgIpc) is 2.82. The quantitative estimate of drug-likeness (QED) is 0.344. The number of nitrogens with one attached hydrogen (secondary N) is 3. The number of anilines is 4. The van der Waals surface area contributed by atoms with Crippen LogP contribution in [0.2, 0.25) is 0 Å². The highest BCUT2D eigenvalue weighted by Gasteiger charge is 2.23. The second-order valence-corrected chi connectivity index (χ2v) is 6.69. The number of hydrazine groups is 1. The van der Waals surface area contributed by atoms with Crippen molar-refractivity contribution in [2.75, 3.05) is 16.5 Å². The molecule has 1 amide bonds. The third kappa shape index (κ3) is 4.76. The van der Waals surface area contributed by atoms with Gasteiger partial charge in [0.15, 0.2) is 11.6 Å². The Bertz CT molecular complexity index is 1100. The Morgan fingerprint density at radius 2 is 1.39 bits per heavy atom. The van der Waals surface area contributed by atoms with Crippen molar-refractivity contribution >= 4 is 29.0 Å². The zero-order valence-corrected chi connectivity index (χ0v) is 16.6. The Kier molecular flexibility index (Phi) is 5.99. The molecule has 4 aromatic rings. The summed E-state index contributed by atoms with van der Waals surface area (Å²) in [5.41, 5.74) is 13.7. The predicted octanol–water partition coefficient (Wildman–Crippen LogP) is 3.47. The van der Waals surface area contributed by atoms with Gasteiger partial charge in [0.1, 0.15) is 17.8 Å². The van der Waals surface area contributed by atoms with E-state index in [1.807, 2.05) is 72.8 Å². The zero-order valence-electron chi connectivity index (χ0n) is 16.6. The maximum atomic E-state index is 13.1. The van der Waals surface area contributed by atoms with Crippen molar-refractivity contribution in [1.29, 1.82) is 0 Å². The van der Waals surface area contributed by atoms with E-state index in [0.29, 0.717) is 11.6 Å². The molecule has 0 bridgehead atoms. The van der Waals surface area contributed by atoms with Crippen molar-refractivity contribution in [2.45, 2.75) is 5.92 Å². The first-order chi connectivity index (χ1) is 15.2. The lowest BCUT2D eigenvalue weighted by Crippen LogP contribution is -2.35. The Hall–Kier alpha value is -4.46. The van der Waals surface area contributed by atoms with Crippen LogP contribution in [0.5, 0.6) is 0 Å². The number of pyridine rings is 1. The third-order valence-electron chi connectivity index (χ3n) is 4.63. The van der Waals surface area contributed by atoms with E-state index in [2.05, 4.69) is 31.1 Å². The second kappa shape index (κ2) is 9.36. The number of nitrogen functional groups attached to an aromatic ring is 1. The van der Waals surface area contributed by atoms with Crippen LogP contribution in [0.4, 0.5) is 23.1 Å². The molecule has 0 fully saturated rings.